The van der Waals surface area contributed by atoms with Gasteiger partial charge in [0.15, 0.2) is 5.96 Å². The average molecular weight is 352 g/mol. The normalized spacial score (nSPS) is 11.3. The molecule has 0 bridgehead atoms. The first-order valence-electron chi connectivity index (χ1n) is 8.88. The summed E-state index contributed by atoms with van der Waals surface area (Å²) < 4.78 is 0. The van der Waals surface area contributed by atoms with Crippen LogP contribution in [0.2, 0.25) is 0 Å². The zero-order chi connectivity index (χ0) is 18.9. The van der Waals surface area contributed by atoms with E-state index in [9.17, 15) is 4.79 Å². The van der Waals surface area contributed by atoms with Gasteiger partial charge in [-0.3, -0.25) is 9.79 Å². The lowest BCUT2D eigenvalue weighted by atomic mass is 10.1. The van der Waals surface area contributed by atoms with Crippen LogP contribution in [0.3, 0.4) is 0 Å². The summed E-state index contributed by atoms with van der Waals surface area (Å²) in [5.41, 5.74) is 4.40. The molecular formula is C21H28N4O. The van der Waals surface area contributed by atoms with Crippen LogP contribution in [0.5, 0.6) is 0 Å². The summed E-state index contributed by atoms with van der Waals surface area (Å²) in [7, 11) is 1.76. The van der Waals surface area contributed by atoms with E-state index in [4.69, 9.17) is 0 Å². The van der Waals surface area contributed by atoms with E-state index >= 15 is 0 Å². The quantitative estimate of drug-likeness (QED) is 0.551. The number of amides is 1. The Hall–Kier alpha value is -2.82. The number of aryl methyl sites for hydroxylation is 1. The number of benzene rings is 2. The van der Waals surface area contributed by atoms with Crippen molar-refractivity contribution in [3.05, 3.63) is 65.2 Å². The molecule has 0 radical (unpaired) electrons. The summed E-state index contributed by atoms with van der Waals surface area (Å²) in [6.07, 6.45) is 0. The van der Waals surface area contributed by atoms with Gasteiger partial charge in [0, 0.05) is 31.7 Å². The van der Waals surface area contributed by atoms with Crippen molar-refractivity contribution in [2.45, 2.75) is 33.9 Å². The second-order valence-corrected chi connectivity index (χ2v) is 6.61. The molecular weight excluding hydrogens is 324 g/mol. The van der Waals surface area contributed by atoms with Gasteiger partial charge in [0.2, 0.25) is 5.91 Å². The van der Waals surface area contributed by atoms with Crippen molar-refractivity contribution in [3.63, 3.8) is 0 Å². The van der Waals surface area contributed by atoms with Crippen LogP contribution in [0.4, 0.5) is 5.69 Å². The molecule has 138 valence electrons. The monoisotopic (exact) mass is 352 g/mol. The van der Waals surface area contributed by atoms with Gasteiger partial charge in [-0.05, 0) is 30.2 Å². The highest BCUT2D eigenvalue weighted by atomic mass is 16.1. The van der Waals surface area contributed by atoms with E-state index in [1.807, 2.05) is 38.1 Å². The number of aliphatic imine (C=N–C) groups is 1. The Labute approximate surface area is 155 Å². The van der Waals surface area contributed by atoms with Crippen molar-refractivity contribution < 1.29 is 4.79 Å². The van der Waals surface area contributed by atoms with E-state index in [1.165, 1.54) is 11.1 Å². The molecule has 0 aliphatic heterocycles. The average Bonchev–Trinajstić information content (AvgIpc) is 2.64. The number of carbonyl (C=O) groups is 1. The van der Waals surface area contributed by atoms with Gasteiger partial charge in [-0.15, -0.1) is 0 Å². The van der Waals surface area contributed by atoms with Gasteiger partial charge in [-0.2, -0.15) is 0 Å². The molecule has 2 aromatic rings. The van der Waals surface area contributed by atoms with Gasteiger partial charge >= 0.3 is 0 Å². The molecule has 0 unspecified atom stereocenters. The van der Waals surface area contributed by atoms with Crippen LogP contribution in [0, 0.1) is 12.8 Å². The van der Waals surface area contributed by atoms with Crippen molar-refractivity contribution in [2.75, 3.05) is 12.4 Å². The largest absolute Gasteiger partial charge is 0.352 e. The van der Waals surface area contributed by atoms with Crippen molar-refractivity contribution >= 4 is 17.6 Å². The fourth-order valence-electron chi connectivity index (χ4n) is 2.29. The molecule has 5 nitrogen and oxygen atoms in total. The van der Waals surface area contributed by atoms with Crippen LogP contribution in [0.1, 0.15) is 30.5 Å². The van der Waals surface area contributed by atoms with E-state index in [0.29, 0.717) is 6.54 Å². The molecule has 0 aliphatic rings. The van der Waals surface area contributed by atoms with Gasteiger partial charge in [0.1, 0.15) is 0 Å². The maximum absolute atomic E-state index is 11.7. The lowest BCUT2D eigenvalue weighted by molar-refractivity contribution is -0.118. The predicted octanol–water partition coefficient (Wildman–Crippen LogP) is 3.45. The molecule has 0 saturated carbocycles. The Morgan fingerprint density at radius 2 is 1.42 bits per heavy atom. The van der Waals surface area contributed by atoms with Crippen molar-refractivity contribution in [1.82, 2.24) is 10.6 Å². The van der Waals surface area contributed by atoms with E-state index in [0.717, 1.165) is 23.8 Å². The Morgan fingerprint density at radius 1 is 0.923 bits per heavy atom. The van der Waals surface area contributed by atoms with Gasteiger partial charge in [-0.1, -0.05) is 55.8 Å². The highest BCUT2D eigenvalue weighted by molar-refractivity contribution is 5.92. The maximum Gasteiger partial charge on any atom is 0.226 e. The molecule has 3 N–H and O–H groups in total. The van der Waals surface area contributed by atoms with Crippen molar-refractivity contribution in [2.24, 2.45) is 10.9 Å². The van der Waals surface area contributed by atoms with Crippen LogP contribution in [-0.4, -0.2) is 18.9 Å². The number of hydrogen-bond donors (Lipinski definition) is 3. The molecule has 2 aromatic carbocycles. The number of anilines is 1. The molecule has 2 rings (SSSR count). The Morgan fingerprint density at radius 3 is 1.88 bits per heavy atom. The fourth-order valence-corrected chi connectivity index (χ4v) is 2.29. The number of nitrogens with one attached hydrogen (secondary N) is 3. The van der Waals surface area contributed by atoms with E-state index in [-0.39, 0.29) is 11.8 Å². The van der Waals surface area contributed by atoms with E-state index in [1.54, 1.807) is 7.05 Å². The molecule has 26 heavy (non-hydrogen) atoms. The van der Waals surface area contributed by atoms with E-state index in [2.05, 4.69) is 52.1 Å². The number of carbonyl (C=O) groups excluding carboxylic acids is 1. The number of hydrogen-bond acceptors (Lipinski definition) is 2. The first kappa shape index (κ1) is 19.5. The van der Waals surface area contributed by atoms with Gasteiger partial charge in [0.05, 0.1) is 0 Å². The summed E-state index contributed by atoms with van der Waals surface area (Å²) in [6.45, 7) is 7.22. The molecule has 0 fully saturated rings. The van der Waals surface area contributed by atoms with Crippen molar-refractivity contribution in [1.29, 1.82) is 0 Å². The van der Waals surface area contributed by atoms with Gasteiger partial charge < -0.3 is 16.0 Å². The number of guanidine groups is 1. The SMILES string of the molecule is CN=C(NCc1ccc(C)cc1)NCc1ccc(NC(=O)C(C)C)cc1. The number of nitrogens with zero attached hydrogens (tertiary/aromatic N) is 1. The van der Waals surface area contributed by atoms with E-state index < -0.39 is 0 Å². The molecule has 0 spiro atoms. The zero-order valence-electron chi connectivity index (χ0n) is 16.0. The van der Waals surface area contributed by atoms with Crippen LogP contribution in [0.25, 0.3) is 0 Å². The third-order valence-corrected chi connectivity index (χ3v) is 4.01. The third-order valence-electron chi connectivity index (χ3n) is 4.01. The first-order valence-corrected chi connectivity index (χ1v) is 8.88. The molecule has 0 heterocycles. The third kappa shape index (κ3) is 6.24. The van der Waals surface area contributed by atoms with Gasteiger partial charge in [-0.25, -0.2) is 0 Å². The second-order valence-electron chi connectivity index (χ2n) is 6.61. The summed E-state index contributed by atoms with van der Waals surface area (Å²) in [4.78, 5) is 16.0. The standard InChI is InChI=1S/C21H28N4O/c1-15(2)20(26)25-19-11-9-18(10-12-19)14-24-21(22-4)23-13-17-7-5-16(3)6-8-17/h5-12,15H,13-14H2,1-4H3,(H,25,26)(H2,22,23,24). The Bertz CT molecular complexity index is 734. The Balaban J connectivity index is 1.82. The first-order chi connectivity index (χ1) is 12.5. The maximum atomic E-state index is 11.7. The molecule has 0 aromatic heterocycles. The fraction of sp³-hybridized carbons (Fsp3) is 0.333. The Kier molecular flexibility index (Phi) is 7.21. The summed E-state index contributed by atoms with van der Waals surface area (Å²) in [5.74, 6) is 0.749. The van der Waals surface area contributed by atoms with Crippen LogP contribution >= 0.6 is 0 Å². The predicted molar refractivity (Wildman–Crippen MR) is 108 cm³/mol. The summed E-state index contributed by atoms with van der Waals surface area (Å²) in [5, 5.41) is 9.50. The lowest BCUT2D eigenvalue weighted by Gasteiger charge is -2.13. The smallest absolute Gasteiger partial charge is 0.226 e. The minimum Gasteiger partial charge on any atom is -0.352 e. The molecule has 0 saturated heterocycles. The van der Waals surface area contributed by atoms with Crippen LogP contribution in [0.15, 0.2) is 53.5 Å². The highest BCUT2D eigenvalue weighted by Gasteiger charge is 2.06. The highest BCUT2D eigenvalue weighted by Crippen LogP contribution is 2.11. The topological polar surface area (TPSA) is 65.5 Å². The minimum atomic E-state index is -0.0285. The molecule has 1 amide bonds. The van der Waals surface area contributed by atoms with Crippen LogP contribution in [-0.2, 0) is 17.9 Å². The lowest BCUT2D eigenvalue weighted by Crippen LogP contribution is -2.36. The summed E-state index contributed by atoms with van der Waals surface area (Å²) >= 11 is 0. The molecule has 5 heteroatoms. The molecule has 0 aliphatic carbocycles. The van der Waals surface area contributed by atoms with Crippen molar-refractivity contribution in [3.8, 4) is 0 Å². The zero-order valence-corrected chi connectivity index (χ0v) is 16.0. The second kappa shape index (κ2) is 9.61. The number of rotatable bonds is 6. The summed E-state index contributed by atoms with van der Waals surface area (Å²) in [6, 6.07) is 16.3. The minimum absolute atomic E-state index is 0.0246. The van der Waals surface area contributed by atoms with Gasteiger partial charge in [0.25, 0.3) is 0 Å². The van der Waals surface area contributed by atoms with Crippen LogP contribution < -0.4 is 16.0 Å². The molecule has 0 atom stereocenters.